The molecule has 15 heavy (non-hydrogen) atoms. The monoisotopic (exact) mass is 226 g/mol. The van der Waals surface area contributed by atoms with Crippen LogP contribution in [0.3, 0.4) is 0 Å². The van der Waals surface area contributed by atoms with Gasteiger partial charge in [-0.3, -0.25) is 0 Å². The summed E-state index contributed by atoms with van der Waals surface area (Å²) in [5.74, 6) is 0.233. The first-order chi connectivity index (χ1) is 7.27. The Morgan fingerprint density at radius 3 is 3.00 bits per heavy atom. The second-order valence-corrected chi connectivity index (χ2v) is 3.33. The van der Waals surface area contributed by atoms with Crippen molar-refractivity contribution in [1.29, 1.82) is 0 Å². The van der Waals surface area contributed by atoms with Crippen molar-refractivity contribution < 1.29 is 8.81 Å². The summed E-state index contributed by atoms with van der Waals surface area (Å²) in [6, 6.07) is 4.51. The second kappa shape index (κ2) is 4.31. The van der Waals surface area contributed by atoms with Crippen LogP contribution in [0.1, 0.15) is 5.76 Å². The topological polar surface area (TPSA) is 38.1 Å². The first-order valence-corrected chi connectivity index (χ1v) is 4.70. The van der Waals surface area contributed by atoms with Gasteiger partial charge in [-0.25, -0.2) is 9.37 Å². The maximum atomic E-state index is 13.3. The molecule has 0 unspecified atom stereocenters. The summed E-state index contributed by atoms with van der Waals surface area (Å²) in [6.07, 6.45) is 2.88. The molecule has 5 heteroatoms. The SMILES string of the molecule is Fc1cccc(Cl)c1NCc1cnco1. The normalized spacial score (nSPS) is 10.3. The van der Waals surface area contributed by atoms with Crippen molar-refractivity contribution in [2.45, 2.75) is 6.54 Å². The van der Waals surface area contributed by atoms with Crippen LogP contribution in [-0.2, 0) is 6.54 Å². The Labute approximate surface area is 90.9 Å². The van der Waals surface area contributed by atoms with E-state index in [9.17, 15) is 4.39 Å². The van der Waals surface area contributed by atoms with Gasteiger partial charge >= 0.3 is 0 Å². The van der Waals surface area contributed by atoms with Crippen molar-refractivity contribution in [3.8, 4) is 0 Å². The van der Waals surface area contributed by atoms with Gasteiger partial charge in [0.2, 0.25) is 0 Å². The van der Waals surface area contributed by atoms with E-state index in [1.807, 2.05) is 0 Å². The lowest BCUT2D eigenvalue weighted by Gasteiger charge is -2.07. The molecule has 1 aromatic carbocycles. The van der Waals surface area contributed by atoms with Crippen LogP contribution in [0.4, 0.5) is 10.1 Å². The zero-order valence-electron chi connectivity index (χ0n) is 7.71. The number of nitrogens with zero attached hydrogens (tertiary/aromatic N) is 1. The van der Waals surface area contributed by atoms with E-state index >= 15 is 0 Å². The van der Waals surface area contributed by atoms with Crippen LogP contribution in [0.15, 0.2) is 35.2 Å². The molecule has 0 atom stereocenters. The van der Waals surface area contributed by atoms with E-state index in [-0.39, 0.29) is 11.5 Å². The van der Waals surface area contributed by atoms with Crippen molar-refractivity contribution in [2.75, 3.05) is 5.32 Å². The molecule has 3 nitrogen and oxygen atoms in total. The van der Waals surface area contributed by atoms with E-state index in [0.717, 1.165) is 0 Å². The van der Waals surface area contributed by atoms with Crippen LogP contribution in [0, 0.1) is 5.82 Å². The summed E-state index contributed by atoms with van der Waals surface area (Å²) in [5, 5.41) is 3.19. The lowest BCUT2D eigenvalue weighted by atomic mass is 10.3. The molecule has 1 N–H and O–H groups in total. The molecule has 0 radical (unpaired) electrons. The highest BCUT2D eigenvalue weighted by atomic mass is 35.5. The van der Waals surface area contributed by atoms with Gasteiger partial charge in [0.1, 0.15) is 11.6 Å². The molecule has 1 heterocycles. The third-order valence-corrected chi connectivity index (χ3v) is 2.20. The number of para-hydroxylation sites is 1. The summed E-state index contributed by atoms with van der Waals surface area (Å²) in [4.78, 5) is 3.75. The fourth-order valence-corrected chi connectivity index (χ4v) is 1.40. The molecule has 0 spiro atoms. The molecule has 2 rings (SSSR count). The van der Waals surface area contributed by atoms with E-state index in [1.54, 1.807) is 18.3 Å². The summed E-state index contributed by atoms with van der Waals surface area (Å²) in [5.41, 5.74) is 0.274. The highest BCUT2D eigenvalue weighted by Gasteiger charge is 2.06. The highest BCUT2D eigenvalue weighted by Crippen LogP contribution is 2.24. The van der Waals surface area contributed by atoms with E-state index in [2.05, 4.69) is 10.3 Å². The van der Waals surface area contributed by atoms with Crippen molar-refractivity contribution in [1.82, 2.24) is 4.98 Å². The number of hydrogen-bond acceptors (Lipinski definition) is 3. The Morgan fingerprint density at radius 2 is 2.33 bits per heavy atom. The smallest absolute Gasteiger partial charge is 0.180 e. The number of anilines is 1. The van der Waals surface area contributed by atoms with Gasteiger partial charge < -0.3 is 9.73 Å². The number of nitrogens with one attached hydrogen (secondary N) is 1. The molecule has 0 saturated heterocycles. The van der Waals surface area contributed by atoms with Gasteiger partial charge in [-0.15, -0.1) is 0 Å². The summed E-state index contributed by atoms with van der Waals surface area (Å²) >= 11 is 5.82. The molecule has 0 amide bonds. The Kier molecular flexibility index (Phi) is 2.87. The molecule has 0 bridgehead atoms. The predicted octanol–water partition coefficient (Wildman–Crippen LogP) is 3.08. The molecule has 1 aromatic heterocycles. The number of hydrogen-bond donors (Lipinski definition) is 1. The summed E-state index contributed by atoms with van der Waals surface area (Å²) in [7, 11) is 0. The standard InChI is InChI=1S/C10H8ClFN2O/c11-8-2-1-3-9(12)10(8)14-5-7-4-13-6-15-7/h1-4,6,14H,5H2. The first-order valence-electron chi connectivity index (χ1n) is 4.32. The summed E-state index contributed by atoms with van der Waals surface area (Å²) < 4.78 is 18.3. The van der Waals surface area contributed by atoms with Crippen LogP contribution in [0.25, 0.3) is 0 Å². The average Bonchev–Trinajstić information content (AvgIpc) is 2.70. The Bertz CT molecular complexity index is 424. The van der Waals surface area contributed by atoms with Crippen LogP contribution >= 0.6 is 11.6 Å². The third kappa shape index (κ3) is 2.27. The fourth-order valence-electron chi connectivity index (χ4n) is 1.17. The second-order valence-electron chi connectivity index (χ2n) is 2.92. The minimum Gasteiger partial charge on any atom is -0.447 e. The molecular weight excluding hydrogens is 219 g/mol. The van der Waals surface area contributed by atoms with E-state index in [1.165, 1.54) is 12.5 Å². The molecule has 0 aliphatic rings. The van der Waals surface area contributed by atoms with Crippen molar-refractivity contribution in [3.05, 3.63) is 47.4 Å². The molecule has 0 aliphatic carbocycles. The highest BCUT2D eigenvalue weighted by molar-refractivity contribution is 6.33. The van der Waals surface area contributed by atoms with E-state index in [4.69, 9.17) is 16.0 Å². The number of halogens is 2. The number of rotatable bonds is 3. The van der Waals surface area contributed by atoms with Gasteiger partial charge in [0.15, 0.2) is 6.39 Å². The molecule has 78 valence electrons. The van der Waals surface area contributed by atoms with Gasteiger partial charge in [0, 0.05) is 0 Å². The van der Waals surface area contributed by atoms with Crippen LogP contribution in [0.2, 0.25) is 5.02 Å². The molecular formula is C10H8ClFN2O. The minimum atomic E-state index is -0.387. The van der Waals surface area contributed by atoms with Crippen LogP contribution < -0.4 is 5.32 Å². The Balaban J connectivity index is 2.11. The maximum absolute atomic E-state index is 13.3. The minimum absolute atomic E-state index is 0.274. The fraction of sp³-hybridized carbons (Fsp3) is 0.100. The molecule has 0 aliphatic heterocycles. The number of aromatic nitrogens is 1. The maximum Gasteiger partial charge on any atom is 0.180 e. The van der Waals surface area contributed by atoms with Crippen LogP contribution in [-0.4, -0.2) is 4.98 Å². The first kappa shape index (κ1) is 9.98. The van der Waals surface area contributed by atoms with E-state index in [0.29, 0.717) is 17.3 Å². The zero-order valence-corrected chi connectivity index (χ0v) is 8.46. The average molecular weight is 227 g/mol. The zero-order chi connectivity index (χ0) is 10.7. The lowest BCUT2D eigenvalue weighted by Crippen LogP contribution is -2.01. The van der Waals surface area contributed by atoms with Gasteiger partial charge in [0.25, 0.3) is 0 Å². The molecule has 0 saturated carbocycles. The van der Waals surface area contributed by atoms with Crippen molar-refractivity contribution in [3.63, 3.8) is 0 Å². The van der Waals surface area contributed by atoms with Gasteiger partial charge in [-0.05, 0) is 12.1 Å². The Hall–Kier alpha value is -1.55. The van der Waals surface area contributed by atoms with Gasteiger partial charge in [-0.1, -0.05) is 17.7 Å². The number of benzene rings is 1. The predicted molar refractivity (Wildman–Crippen MR) is 55.2 cm³/mol. The van der Waals surface area contributed by atoms with Crippen molar-refractivity contribution in [2.24, 2.45) is 0 Å². The van der Waals surface area contributed by atoms with Crippen molar-refractivity contribution >= 4 is 17.3 Å². The number of oxazole rings is 1. The van der Waals surface area contributed by atoms with Gasteiger partial charge in [0.05, 0.1) is 23.5 Å². The van der Waals surface area contributed by atoms with E-state index < -0.39 is 0 Å². The largest absolute Gasteiger partial charge is 0.447 e. The van der Waals surface area contributed by atoms with Crippen LogP contribution in [0.5, 0.6) is 0 Å². The third-order valence-electron chi connectivity index (χ3n) is 1.89. The quantitative estimate of drug-likeness (QED) is 0.874. The summed E-state index contributed by atoms with van der Waals surface area (Å²) in [6.45, 7) is 0.348. The molecule has 2 aromatic rings. The molecule has 0 fully saturated rings. The Morgan fingerprint density at radius 1 is 1.47 bits per heavy atom. The lowest BCUT2D eigenvalue weighted by molar-refractivity contribution is 0.511. The van der Waals surface area contributed by atoms with Gasteiger partial charge in [-0.2, -0.15) is 0 Å².